The fourth-order valence-electron chi connectivity index (χ4n) is 1.70. The molecule has 1 aromatic carbocycles. The highest BCUT2D eigenvalue weighted by molar-refractivity contribution is 9.10. The summed E-state index contributed by atoms with van der Waals surface area (Å²) in [4.78, 5) is 11.9. The number of hydrogen-bond acceptors (Lipinski definition) is 2. The van der Waals surface area contributed by atoms with Gasteiger partial charge >= 0.3 is 0 Å². The summed E-state index contributed by atoms with van der Waals surface area (Å²) < 4.78 is 0.749. The molecule has 0 aromatic heterocycles. The molecule has 0 aliphatic rings. The van der Waals surface area contributed by atoms with Gasteiger partial charge in [-0.2, -0.15) is 11.8 Å². The van der Waals surface area contributed by atoms with Crippen LogP contribution in [-0.4, -0.2) is 24.5 Å². The normalized spacial score (nSPS) is 10.5. The predicted molar refractivity (Wildman–Crippen MR) is 88.3 cm³/mol. The molecule has 0 spiro atoms. The molecule has 0 aliphatic carbocycles. The van der Waals surface area contributed by atoms with Gasteiger partial charge in [0, 0.05) is 11.0 Å². The van der Waals surface area contributed by atoms with E-state index in [1.54, 1.807) is 6.07 Å². The topological polar surface area (TPSA) is 29.1 Å². The van der Waals surface area contributed by atoms with Crippen molar-refractivity contribution in [3.63, 3.8) is 0 Å². The van der Waals surface area contributed by atoms with Gasteiger partial charge in [-0.25, -0.2) is 0 Å². The minimum absolute atomic E-state index is 0.101. The largest absolute Gasteiger partial charge is 0.352 e. The number of carbonyl (C=O) groups is 1. The lowest BCUT2D eigenvalue weighted by Gasteiger charge is -2.07. The number of unbranched alkanes of at least 4 members (excludes halogenated alkanes) is 3. The Labute approximate surface area is 132 Å². The summed E-state index contributed by atoms with van der Waals surface area (Å²) in [6, 6.07) is 5.37. The van der Waals surface area contributed by atoms with Gasteiger partial charge in [-0.05, 0) is 52.9 Å². The highest BCUT2D eigenvalue weighted by atomic mass is 79.9. The van der Waals surface area contributed by atoms with Crippen LogP contribution in [0.25, 0.3) is 0 Å². The van der Waals surface area contributed by atoms with E-state index in [2.05, 4.69) is 27.5 Å². The molecule has 1 rings (SSSR count). The lowest BCUT2D eigenvalue weighted by Crippen LogP contribution is -2.24. The molecule has 0 saturated carbocycles. The van der Waals surface area contributed by atoms with Crippen molar-refractivity contribution in [1.29, 1.82) is 0 Å². The van der Waals surface area contributed by atoms with Crippen LogP contribution in [0.4, 0.5) is 0 Å². The maximum absolute atomic E-state index is 11.9. The van der Waals surface area contributed by atoms with Crippen LogP contribution in [0.1, 0.15) is 36.0 Å². The van der Waals surface area contributed by atoms with Crippen LogP contribution in [0.2, 0.25) is 5.02 Å². The SMILES string of the molecule is CSCCCCCCNC(=O)c1cccc(Br)c1Cl. The van der Waals surface area contributed by atoms with Crippen molar-refractivity contribution in [2.75, 3.05) is 18.6 Å². The number of hydrogen-bond donors (Lipinski definition) is 1. The first-order valence-electron chi connectivity index (χ1n) is 6.38. The molecular formula is C14H19BrClNOS. The fourth-order valence-corrected chi connectivity index (χ4v) is 2.77. The van der Waals surface area contributed by atoms with Crippen LogP contribution in [0.15, 0.2) is 22.7 Å². The van der Waals surface area contributed by atoms with Gasteiger partial charge in [-0.3, -0.25) is 4.79 Å². The number of amides is 1. The van der Waals surface area contributed by atoms with Gasteiger partial charge in [0.25, 0.3) is 5.91 Å². The zero-order valence-electron chi connectivity index (χ0n) is 11.0. The average molecular weight is 365 g/mol. The zero-order chi connectivity index (χ0) is 14.1. The van der Waals surface area contributed by atoms with Crippen molar-refractivity contribution < 1.29 is 4.79 Å². The predicted octanol–water partition coefficient (Wildman–Crippen LogP) is 4.76. The van der Waals surface area contributed by atoms with Crippen LogP contribution >= 0.6 is 39.3 Å². The first-order chi connectivity index (χ1) is 9.16. The van der Waals surface area contributed by atoms with Crippen LogP contribution < -0.4 is 5.32 Å². The molecule has 0 aliphatic heterocycles. The van der Waals surface area contributed by atoms with E-state index in [-0.39, 0.29) is 5.91 Å². The minimum atomic E-state index is -0.101. The van der Waals surface area contributed by atoms with E-state index in [1.165, 1.54) is 18.6 Å². The van der Waals surface area contributed by atoms with Gasteiger partial charge in [-0.15, -0.1) is 0 Å². The highest BCUT2D eigenvalue weighted by Gasteiger charge is 2.11. The number of carbonyl (C=O) groups excluding carboxylic acids is 1. The van der Waals surface area contributed by atoms with Gasteiger partial charge in [-0.1, -0.05) is 30.5 Å². The van der Waals surface area contributed by atoms with Crippen molar-refractivity contribution in [2.24, 2.45) is 0 Å². The van der Waals surface area contributed by atoms with E-state index in [1.807, 2.05) is 23.9 Å². The maximum Gasteiger partial charge on any atom is 0.252 e. The molecule has 1 N–H and O–H groups in total. The van der Waals surface area contributed by atoms with Gasteiger partial charge in [0.15, 0.2) is 0 Å². The summed E-state index contributed by atoms with van der Waals surface area (Å²) in [6.07, 6.45) is 6.79. The Balaban J connectivity index is 2.26. The monoisotopic (exact) mass is 363 g/mol. The Bertz CT molecular complexity index is 414. The van der Waals surface area contributed by atoms with E-state index < -0.39 is 0 Å². The van der Waals surface area contributed by atoms with Gasteiger partial charge < -0.3 is 5.32 Å². The molecule has 0 atom stereocenters. The molecule has 0 saturated heterocycles. The smallest absolute Gasteiger partial charge is 0.252 e. The zero-order valence-corrected chi connectivity index (χ0v) is 14.2. The van der Waals surface area contributed by atoms with Gasteiger partial charge in [0.1, 0.15) is 0 Å². The van der Waals surface area contributed by atoms with Crippen LogP contribution in [0.3, 0.4) is 0 Å². The molecule has 0 bridgehead atoms. The number of rotatable bonds is 8. The van der Waals surface area contributed by atoms with Gasteiger partial charge in [0.05, 0.1) is 10.6 Å². The average Bonchev–Trinajstić information content (AvgIpc) is 2.40. The number of thioether (sulfide) groups is 1. The summed E-state index contributed by atoms with van der Waals surface area (Å²) in [5.41, 5.74) is 0.526. The maximum atomic E-state index is 11.9. The summed E-state index contributed by atoms with van der Waals surface area (Å²) in [5.74, 6) is 1.12. The van der Waals surface area contributed by atoms with E-state index >= 15 is 0 Å². The Kier molecular flexibility index (Phi) is 8.58. The number of benzene rings is 1. The van der Waals surface area contributed by atoms with Crippen molar-refractivity contribution in [3.05, 3.63) is 33.3 Å². The third kappa shape index (κ3) is 6.19. The molecule has 106 valence electrons. The molecule has 2 nitrogen and oxygen atoms in total. The molecule has 19 heavy (non-hydrogen) atoms. The van der Waals surface area contributed by atoms with Crippen LogP contribution in [0.5, 0.6) is 0 Å². The van der Waals surface area contributed by atoms with Crippen LogP contribution in [0, 0.1) is 0 Å². The number of nitrogens with one attached hydrogen (secondary N) is 1. The molecule has 5 heteroatoms. The highest BCUT2D eigenvalue weighted by Crippen LogP contribution is 2.25. The fraction of sp³-hybridized carbons (Fsp3) is 0.500. The molecule has 1 amide bonds. The second-order valence-electron chi connectivity index (χ2n) is 4.26. The molecule has 0 unspecified atom stereocenters. The lowest BCUT2D eigenvalue weighted by molar-refractivity contribution is 0.0953. The van der Waals surface area contributed by atoms with Crippen molar-refractivity contribution in [2.45, 2.75) is 25.7 Å². The second kappa shape index (κ2) is 9.67. The summed E-state index contributed by atoms with van der Waals surface area (Å²) in [5, 5.41) is 3.38. The molecule has 0 fully saturated rings. The summed E-state index contributed by atoms with van der Waals surface area (Å²) in [7, 11) is 0. The summed E-state index contributed by atoms with van der Waals surface area (Å²) in [6.45, 7) is 0.709. The molecule has 0 heterocycles. The lowest BCUT2D eigenvalue weighted by atomic mass is 10.2. The Morgan fingerprint density at radius 1 is 1.32 bits per heavy atom. The summed E-state index contributed by atoms with van der Waals surface area (Å²) >= 11 is 11.3. The standard InChI is InChI=1S/C14H19BrClNOS/c1-19-10-5-3-2-4-9-17-14(18)11-7-6-8-12(15)13(11)16/h6-8H,2-5,9-10H2,1H3,(H,17,18). The first-order valence-corrected chi connectivity index (χ1v) is 8.94. The van der Waals surface area contributed by atoms with Crippen molar-refractivity contribution >= 4 is 45.2 Å². The second-order valence-corrected chi connectivity index (χ2v) is 6.48. The van der Waals surface area contributed by atoms with E-state index in [0.29, 0.717) is 17.1 Å². The van der Waals surface area contributed by atoms with E-state index in [9.17, 15) is 4.79 Å². The Morgan fingerprint density at radius 3 is 2.79 bits per heavy atom. The van der Waals surface area contributed by atoms with Crippen molar-refractivity contribution in [1.82, 2.24) is 5.32 Å². The number of halogens is 2. The molecule has 0 radical (unpaired) electrons. The molecule has 1 aromatic rings. The molecular weight excluding hydrogens is 346 g/mol. The van der Waals surface area contributed by atoms with E-state index in [0.717, 1.165) is 17.3 Å². The van der Waals surface area contributed by atoms with Crippen LogP contribution in [-0.2, 0) is 0 Å². The van der Waals surface area contributed by atoms with E-state index in [4.69, 9.17) is 11.6 Å². The Hall–Kier alpha value is -0.190. The van der Waals surface area contributed by atoms with Gasteiger partial charge in [0.2, 0.25) is 0 Å². The Morgan fingerprint density at radius 2 is 2.05 bits per heavy atom. The third-order valence-electron chi connectivity index (χ3n) is 2.76. The minimum Gasteiger partial charge on any atom is -0.352 e. The van der Waals surface area contributed by atoms with Crippen molar-refractivity contribution in [3.8, 4) is 0 Å². The third-order valence-corrected chi connectivity index (χ3v) is 4.75. The quantitative estimate of drug-likeness (QED) is 0.674. The first kappa shape index (κ1) is 16.9.